The summed E-state index contributed by atoms with van der Waals surface area (Å²) in [6.45, 7) is 1.17. The maximum Gasteiger partial charge on any atom is 0.416 e. The molecule has 2 aromatic carbocycles. The lowest BCUT2D eigenvalue weighted by Crippen LogP contribution is -2.36. The van der Waals surface area contributed by atoms with E-state index in [0.717, 1.165) is 12.1 Å². The van der Waals surface area contributed by atoms with E-state index in [1.807, 2.05) is 0 Å². The molecule has 1 heterocycles. The quantitative estimate of drug-likeness (QED) is 0.319. The number of amides is 4. The first kappa shape index (κ1) is 26.8. The first-order valence-corrected chi connectivity index (χ1v) is 11.3. The van der Waals surface area contributed by atoms with Crippen molar-refractivity contribution in [3.8, 4) is 0 Å². The fraction of sp³-hybridized carbons (Fsp3) is 0.375. The number of carboxylic acids is 1. The first-order chi connectivity index (χ1) is 17.0. The molecule has 1 aliphatic heterocycles. The molecule has 8 nitrogen and oxygen atoms in total. The van der Waals surface area contributed by atoms with Gasteiger partial charge in [0.1, 0.15) is 5.82 Å². The van der Waals surface area contributed by atoms with Crippen molar-refractivity contribution >= 4 is 23.7 Å². The molecule has 12 heteroatoms. The normalized spacial score (nSPS) is 14.6. The number of anilines is 1. The number of carbonyl (C=O) groups excluding carboxylic acids is 2. The highest BCUT2D eigenvalue weighted by atomic mass is 19.4. The van der Waals surface area contributed by atoms with Gasteiger partial charge in [0.2, 0.25) is 0 Å². The Kier molecular flexibility index (Phi) is 8.73. The summed E-state index contributed by atoms with van der Waals surface area (Å²) in [5, 5.41) is 14.5. The molecular weight excluding hydrogens is 484 g/mol. The minimum atomic E-state index is -4.59. The van der Waals surface area contributed by atoms with E-state index in [1.54, 1.807) is 0 Å². The van der Waals surface area contributed by atoms with Gasteiger partial charge in [-0.05, 0) is 54.8 Å². The van der Waals surface area contributed by atoms with Crippen LogP contribution in [0.1, 0.15) is 36.4 Å². The van der Waals surface area contributed by atoms with Gasteiger partial charge in [-0.25, -0.2) is 14.0 Å². The van der Waals surface area contributed by atoms with Gasteiger partial charge in [-0.2, -0.15) is 13.2 Å². The van der Waals surface area contributed by atoms with Gasteiger partial charge >= 0.3 is 24.2 Å². The lowest BCUT2D eigenvalue weighted by atomic mass is 10.00. The molecular formula is C24H26F4N4O4. The van der Waals surface area contributed by atoms with Crippen molar-refractivity contribution in [1.82, 2.24) is 15.1 Å². The molecule has 36 heavy (non-hydrogen) atoms. The van der Waals surface area contributed by atoms with Crippen LogP contribution in [-0.2, 0) is 11.0 Å². The zero-order valence-electron chi connectivity index (χ0n) is 19.2. The largest absolute Gasteiger partial charge is 0.481 e. The van der Waals surface area contributed by atoms with E-state index < -0.39 is 48.1 Å². The minimum absolute atomic E-state index is 0.110. The van der Waals surface area contributed by atoms with Crippen molar-refractivity contribution in [2.75, 3.05) is 31.5 Å². The summed E-state index contributed by atoms with van der Waals surface area (Å²) in [6.07, 6.45) is -4.01. The van der Waals surface area contributed by atoms with Crippen LogP contribution in [0.5, 0.6) is 0 Å². The number of hydrogen-bond acceptors (Lipinski definition) is 3. The zero-order valence-corrected chi connectivity index (χ0v) is 19.2. The first-order valence-electron chi connectivity index (χ1n) is 11.3. The van der Waals surface area contributed by atoms with E-state index in [-0.39, 0.29) is 12.1 Å². The van der Waals surface area contributed by atoms with E-state index in [4.69, 9.17) is 0 Å². The number of benzene rings is 2. The number of hydrogen-bond donors (Lipinski definition) is 3. The van der Waals surface area contributed by atoms with Gasteiger partial charge in [-0.3, -0.25) is 4.79 Å². The van der Waals surface area contributed by atoms with Crippen LogP contribution in [0.2, 0.25) is 0 Å². The summed E-state index contributed by atoms with van der Waals surface area (Å²) in [4.78, 5) is 39.0. The van der Waals surface area contributed by atoms with Crippen LogP contribution >= 0.6 is 0 Å². The lowest BCUT2D eigenvalue weighted by Gasteiger charge is -2.28. The molecule has 3 N–H and O–H groups in total. The molecule has 0 aromatic heterocycles. The van der Waals surface area contributed by atoms with Gasteiger partial charge in [0.15, 0.2) is 0 Å². The number of carboxylic acid groups (broad SMARTS) is 1. The second-order valence-electron chi connectivity index (χ2n) is 8.29. The molecule has 1 saturated heterocycles. The molecule has 0 aliphatic carbocycles. The van der Waals surface area contributed by atoms with Crippen LogP contribution in [0.15, 0.2) is 48.5 Å². The lowest BCUT2D eigenvalue weighted by molar-refractivity contribution is -0.138. The molecule has 1 fully saturated rings. The van der Waals surface area contributed by atoms with Gasteiger partial charge in [-0.15, -0.1) is 0 Å². The molecule has 4 amide bonds. The Labute approximate surface area is 204 Å². The Morgan fingerprint density at radius 1 is 1.06 bits per heavy atom. The monoisotopic (exact) mass is 510 g/mol. The van der Waals surface area contributed by atoms with Crippen molar-refractivity contribution < 1.29 is 37.1 Å². The molecule has 194 valence electrons. The third-order valence-electron chi connectivity index (χ3n) is 5.71. The van der Waals surface area contributed by atoms with E-state index in [2.05, 4.69) is 10.6 Å². The van der Waals surface area contributed by atoms with Gasteiger partial charge in [0.25, 0.3) is 0 Å². The van der Waals surface area contributed by atoms with Gasteiger partial charge in [0.05, 0.1) is 18.0 Å². The summed E-state index contributed by atoms with van der Waals surface area (Å²) in [5.74, 6) is -1.64. The third kappa shape index (κ3) is 7.33. The van der Waals surface area contributed by atoms with Gasteiger partial charge in [-0.1, -0.05) is 12.1 Å². The number of urea groups is 2. The number of nitrogens with zero attached hydrogens (tertiary/aromatic N) is 2. The minimum Gasteiger partial charge on any atom is -0.481 e. The van der Waals surface area contributed by atoms with Gasteiger partial charge < -0.3 is 25.5 Å². The summed E-state index contributed by atoms with van der Waals surface area (Å²) in [5.41, 5.74) is -0.359. The smallest absolute Gasteiger partial charge is 0.416 e. The highest BCUT2D eigenvalue weighted by Gasteiger charge is 2.37. The molecule has 3 rings (SSSR count). The number of aliphatic carboxylic acids is 1. The van der Waals surface area contributed by atoms with Crippen LogP contribution in [0.3, 0.4) is 0 Å². The Hall–Kier alpha value is -3.83. The van der Waals surface area contributed by atoms with Crippen molar-refractivity contribution in [2.45, 2.75) is 31.5 Å². The maximum atomic E-state index is 13.1. The highest BCUT2D eigenvalue weighted by molar-refractivity contribution is 5.89. The van der Waals surface area contributed by atoms with Gasteiger partial charge in [0, 0.05) is 31.9 Å². The molecule has 1 unspecified atom stereocenters. The Balaban J connectivity index is 1.50. The molecule has 1 atom stereocenters. The topological polar surface area (TPSA) is 102 Å². The van der Waals surface area contributed by atoms with Crippen LogP contribution in [0.4, 0.5) is 32.8 Å². The number of nitrogens with one attached hydrogen (secondary N) is 2. The summed E-state index contributed by atoms with van der Waals surface area (Å²) >= 11 is 0. The number of alkyl halides is 3. The van der Waals surface area contributed by atoms with Crippen molar-refractivity contribution in [1.29, 1.82) is 0 Å². The second kappa shape index (κ2) is 11.7. The van der Waals surface area contributed by atoms with Crippen LogP contribution in [0, 0.1) is 5.82 Å². The maximum absolute atomic E-state index is 13.1. The number of unbranched alkanes of at least 4 members (excludes halogenated alkanes) is 1. The number of rotatable bonds is 10. The summed E-state index contributed by atoms with van der Waals surface area (Å²) < 4.78 is 52.3. The predicted octanol–water partition coefficient (Wildman–Crippen LogP) is 4.70. The second-order valence-corrected chi connectivity index (χ2v) is 8.29. The Morgan fingerprint density at radius 2 is 1.78 bits per heavy atom. The van der Waals surface area contributed by atoms with Crippen molar-refractivity contribution in [3.05, 3.63) is 65.5 Å². The molecule has 0 saturated carbocycles. The SMILES string of the molecule is O=C(O)CC(c1cccc(C(F)(F)F)c1)N1CCN(CCCCNC(=O)Nc2ccc(F)cc2)C1=O. The summed E-state index contributed by atoms with van der Waals surface area (Å²) in [6, 6.07) is 7.74. The van der Waals surface area contributed by atoms with Crippen molar-refractivity contribution in [3.63, 3.8) is 0 Å². The van der Waals surface area contributed by atoms with E-state index >= 15 is 0 Å². The molecule has 0 spiro atoms. The highest BCUT2D eigenvalue weighted by Crippen LogP contribution is 2.34. The van der Waals surface area contributed by atoms with E-state index in [0.29, 0.717) is 38.2 Å². The number of carbonyl (C=O) groups is 3. The van der Waals surface area contributed by atoms with Crippen LogP contribution < -0.4 is 10.6 Å². The molecule has 0 bridgehead atoms. The Morgan fingerprint density at radius 3 is 2.44 bits per heavy atom. The Bertz CT molecular complexity index is 1080. The third-order valence-corrected chi connectivity index (χ3v) is 5.71. The van der Waals surface area contributed by atoms with Crippen LogP contribution in [-0.4, -0.2) is 59.1 Å². The molecule has 1 aliphatic rings. The predicted molar refractivity (Wildman–Crippen MR) is 123 cm³/mol. The average molecular weight is 510 g/mol. The number of halogens is 4. The van der Waals surface area contributed by atoms with Crippen molar-refractivity contribution in [2.24, 2.45) is 0 Å². The summed E-state index contributed by atoms with van der Waals surface area (Å²) in [7, 11) is 0. The van der Waals surface area contributed by atoms with E-state index in [9.17, 15) is 37.1 Å². The zero-order chi connectivity index (χ0) is 26.3. The average Bonchev–Trinajstić information content (AvgIpc) is 3.18. The molecule has 0 radical (unpaired) electrons. The van der Waals surface area contributed by atoms with E-state index in [1.165, 1.54) is 46.2 Å². The fourth-order valence-corrected chi connectivity index (χ4v) is 3.93. The van der Waals surface area contributed by atoms with Crippen LogP contribution in [0.25, 0.3) is 0 Å². The fourth-order valence-electron chi connectivity index (χ4n) is 3.93. The molecule has 2 aromatic rings. The standard InChI is InChI=1S/C24H26F4N4O4/c25-18-6-8-19(9-7-18)30-22(35)29-10-1-2-11-31-12-13-32(23(31)36)20(15-21(33)34)16-4-3-5-17(14-16)24(26,27)28/h3-9,14,20H,1-2,10-13,15H2,(H,33,34)(H2,29,30,35).